The number of fused-ring (bicyclic) bond motifs is 1. The second kappa shape index (κ2) is 17.7. The normalized spacial score (nSPS) is 25.0. The minimum absolute atomic E-state index is 0.133. The number of piperidine rings is 2. The van der Waals surface area contributed by atoms with Crippen molar-refractivity contribution in [3.05, 3.63) is 119 Å². The van der Waals surface area contributed by atoms with Crippen molar-refractivity contribution in [1.29, 1.82) is 0 Å². The van der Waals surface area contributed by atoms with Gasteiger partial charge in [0.1, 0.15) is 35.7 Å². The molecule has 4 aromatic carbocycles. The second-order valence-corrected chi connectivity index (χ2v) is 15.1. The number of rotatable bonds is 12. The van der Waals surface area contributed by atoms with Gasteiger partial charge in [0.2, 0.25) is 11.8 Å². The number of benzene rings is 4. The summed E-state index contributed by atoms with van der Waals surface area (Å²) in [5.74, 6) is -4.74. The predicted octanol–water partition coefficient (Wildman–Crippen LogP) is 5.92. The van der Waals surface area contributed by atoms with Crippen LogP contribution < -0.4 is 15.0 Å². The van der Waals surface area contributed by atoms with Crippen LogP contribution in [0, 0.1) is 11.7 Å². The molecule has 8 rings (SSSR count). The molecule has 0 saturated carbocycles. The highest BCUT2D eigenvalue weighted by Crippen LogP contribution is 2.37. The van der Waals surface area contributed by atoms with Crippen LogP contribution in [-0.4, -0.2) is 113 Å². The highest BCUT2D eigenvalue weighted by atomic mass is 19.1. The lowest BCUT2D eigenvalue weighted by Gasteiger charge is -2.39. The molecule has 12 nitrogen and oxygen atoms in total. The van der Waals surface area contributed by atoms with Crippen molar-refractivity contribution in [2.24, 2.45) is 5.92 Å². The topological polar surface area (TPSA) is 143 Å². The van der Waals surface area contributed by atoms with Gasteiger partial charge in [-0.15, -0.1) is 0 Å². The van der Waals surface area contributed by atoms with Crippen LogP contribution in [0.4, 0.5) is 10.1 Å². The van der Waals surface area contributed by atoms with Crippen LogP contribution in [-0.2, 0) is 9.59 Å². The first-order valence-electron chi connectivity index (χ1n) is 24.0. The molecule has 4 amide bonds. The molecule has 4 aromatic rings. The number of anilines is 1. The molecule has 0 spiro atoms. The maximum absolute atomic E-state index is 15.8. The summed E-state index contributed by atoms with van der Waals surface area (Å²) in [6.07, 6.45) is 1.18. The van der Waals surface area contributed by atoms with E-state index in [0.29, 0.717) is 67.1 Å². The Kier molecular flexibility index (Phi) is 9.37. The van der Waals surface area contributed by atoms with E-state index in [4.69, 9.17) is 15.7 Å². The first-order valence-corrected chi connectivity index (χ1v) is 20.0. The number of hydrogen-bond acceptors (Lipinski definition) is 10. The van der Waals surface area contributed by atoms with Crippen LogP contribution in [0.2, 0.25) is 0 Å². The van der Waals surface area contributed by atoms with Crippen molar-refractivity contribution < 1.29 is 49.5 Å². The lowest BCUT2D eigenvalue weighted by atomic mass is 9.88. The predicted molar refractivity (Wildman–Crippen MR) is 225 cm³/mol. The molecule has 312 valence electrons. The smallest absolute Gasteiger partial charge is 0.265 e. The number of nitrogens with zero attached hydrogens (tertiary/aromatic N) is 4. The fraction of sp³-hybridized carbons (Fsp3) is 0.362. The maximum Gasteiger partial charge on any atom is 0.265 e. The summed E-state index contributed by atoms with van der Waals surface area (Å²) >= 11 is 0. The van der Waals surface area contributed by atoms with Crippen LogP contribution in [0.1, 0.15) is 87.4 Å². The van der Waals surface area contributed by atoms with E-state index in [9.17, 15) is 29.4 Å². The van der Waals surface area contributed by atoms with Gasteiger partial charge in [0, 0.05) is 56.7 Å². The molecular weight excluding hydrogens is 766 g/mol. The van der Waals surface area contributed by atoms with Gasteiger partial charge in [-0.1, -0.05) is 43.3 Å². The Morgan fingerprint density at radius 1 is 0.800 bits per heavy atom. The molecule has 4 heterocycles. The third-order valence-electron chi connectivity index (χ3n) is 11.3. The van der Waals surface area contributed by atoms with Gasteiger partial charge in [-0.25, -0.2) is 4.39 Å². The summed E-state index contributed by atoms with van der Waals surface area (Å²) in [4.78, 5) is 54.4. The van der Waals surface area contributed by atoms with Crippen LogP contribution in [0.5, 0.6) is 17.2 Å². The Bertz CT molecular complexity index is 2630. The number of hydrogen-bond donors (Lipinski definition) is 3. The fourth-order valence-electron chi connectivity index (χ4n) is 8.15. The monoisotopic (exact) mass is 823 g/mol. The number of imide groups is 2. The van der Waals surface area contributed by atoms with E-state index in [0.717, 1.165) is 33.9 Å². The van der Waals surface area contributed by atoms with E-state index in [1.165, 1.54) is 0 Å². The van der Waals surface area contributed by atoms with E-state index in [1.807, 2.05) is 53.8 Å². The van der Waals surface area contributed by atoms with Crippen LogP contribution >= 0.6 is 0 Å². The summed E-state index contributed by atoms with van der Waals surface area (Å²) in [6.45, 7) is -9.63. The first kappa shape index (κ1) is 31.8. The van der Waals surface area contributed by atoms with Gasteiger partial charge in [-0.3, -0.25) is 39.2 Å². The van der Waals surface area contributed by atoms with E-state index < -0.39 is 78.3 Å². The molecule has 0 aromatic heterocycles. The number of piperazine rings is 1. The van der Waals surface area contributed by atoms with Crippen LogP contribution in [0.15, 0.2) is 84.9 Å². The molecule has 0 aliphatic carbocycles. The van der Waals surface area contributed by atoms with E-state index in [2.05, 4.69) is 11.8 Å². The number of likely N-dealkylation sites (tertiary alicyclic amines) is 1. The Balaban J connectivity index is 0.915. The standard InChI is InChI=1S/C47H50FN5O7/c1-2-38(31-3-9-35(54)10-4-31)43(32-5-11-36(55)12-6-32)33-7-13-37(14-8-33)60-26-25-50-19-17-30(18-20-50)29-51-21-23-52(24-22-51)34-27-39-44(40(48)28-34)47(59)53(46(39)58)41-15-16-42(56)49-45(41)57/h3-14,27-28,30,41,54-55H,2,15-26,29H2,1H3,(H,49,56,57)/i21D2,22D2,23D2,24D2. The molecular formula is C47H50FN5O7. The lowest BCUT2D eigenvalue weighted by Crippen LogP contribution is -2.54. The SMILES string of the molecule is [2H]C1([2H])N(CC2CCN(CCOc3ccc(C(=C(CC)c4ccc(O)cc4)c4ccc(O)cc4)cc3)CC2)C([2H])([2H])C([2H])([2H])N(c2cc(F)c3c(c2)C(=O)N(C2CCC(=O)NC2=O)C3=O)C1([2H])[2H]. The molecule has 13 heteroatoms. The van der Waals surface area contributed by atoms with Gasteiger partial charge in [0.15, 0.2) is 0 Å². The van der Waals surface area contributed by atoms with Gasteiger partial charge in [0.05, 0.1) is 16.6 Å². The highest BCUT2D eigenvalue weighted by Gasteiger charge is 2.46. The molecule has 3 saturated heterocycles. The minimum atomic E-state index is -3.39. The first-order chi connectivity index (χ1) is 32.1. The minimum Gasteiger partial charge on any atom is -0.508 e. The van der Waals surface area contributed by atoms with Crippen molar-refractivity contribution in [2.45, 2.75) is 45.1 Å². The number of phenolic OH excluding ortho intramolecular Hbond substituents is 2. The zero-order chi connectivity index (χ0) is 49.1. The number of carbonyl (C=O) groups is 4. The zero-order valence-corrected chi connectivity index (χ0v) is 32.9. The lowest BCUT2D eigenvalue weighted by molar-refractivity contribution is -0.136. The van der Waals surface area contributed by atoms with Gasteiger partial charge in [-0.2, -0.15) is 0 Å². The fourth-order valence-corrected chi connectivity index (χ4v) is 8.15. The molecule has 3 fully saturated rings. The summed E-state index contributed by atoms with van der Waals surface area (Å²) in [5, 5.41) is 21.9. The van der Waals surface area contributed by atoms with Crippen molar-refractivity contribution >= 4 is 40.5 Å². The molecule has 4 aliphatic heterocycles. The summed E-state index contributed by atoms with van der Waals surface area (Å²) < 4.78 is 94.0. The molecule has 0 bridgehead atoms. The summed E-state index contributed by atoms with van der Waals surface area (Å²) in [6, 6.07) is 21.6. The Morgan fingerprint density at radius 2 is 1.42 bits per heavy atom. The molecule has 4 aliphatic rings. The largest absolute Gasteiger partial charge is 0.508 e. The van der Waals surface area contributed by atoms with Gasteiger partial charge in [0.25, 0.3) is 11.8 Å². The Labute approximate surface area is 360 Å². The number of halogens is 1. The number of phenols is 2. The average molecular weight is 824 g/mol. The molecule has 1 atom stereocenters. The molecule has 1 unspecified atom stereocenters. The number of amides is 4. The summed E-state index contributed by atoms with van der Waals surface area (Å²) in [7, 11) is 0. The molecule has 60 heavy (non-hydrogen) atoms. The van der Waals surface area contributed by atoms with Gasteiger partial charge < -0.3 is 19.8 Å². The second-order valence-electron chi connectivity index (χ2n) is 15.1. The number of ether oxygens (including phenoxy) is 1. The quantitative estimate of drug-likeness (QED) is 0.117. The third-order valence-corrected chi connectivity index (χ3v) is 11.3. The van der Waals surface area contributed by atoms with Crippen LogP contribution in [0.3, 0.4) is 0 Å². The number of nitrogens with one attached hydrogen (secondary N) is 1. The van der Waals surface area contributed by atoms with Crippen molar-refractivity contribution in [3.8, 4) is 17.2 Å². The average Bonchev–Trinajstić information content (AvgIpc) is 3.54. The third kappa shape index (κ3) is 8.64. The van der Waals surface area contributed by atoms with E-state index in [1.54, 1.807) is 24.3 Å². The molecule has 0 radical (unpaired) electrons. The van der Waals surface area contributed by atoms with E-state index in [-0.39, 0.29) is 41.7 Å². The maximum atomic E-state index is 15.8. The van der Waals surface area contributed by atoms with Crippen molar-refractivity contribution in [1.82, 2.24) is 20.0 Å². The van der Waals surface area contributed by atoms with Crippen molar-refractivity contribution in [2.75, 3.05) is 63.7 Å². The zero-order valence-electron chi connectivity index (χ0n) is 40.9. The highest BCUT2D eigenvalue weighted by molar-refractivity contribution is 6.24. The summed E-state index contributed by atoms with van der Waals surface area (Å²) in [5.41, 5.74) is 2.64. The van der Waals surface area contributed by atoms with Crippen LogP contribution in [0.25, 0.3) is 11.1 Å². The Morgan fingerprint density at radius 3 is 2.03 bits per heavy atom. The van der Waals surface area contributed by atoms with Gasteiger partial charge >= 0.3 is 0 Å². The number of carbonyl (C=O) groups excluding carboxylic acids is 4. The molecule has 3 N–H and O–H groups in total. The van der Waals surface area contributed by atoms with Gasteiger partial charge in [-0.05, 0) is 121 Å². The van der Waals surface area contributed by atoms with E-state index >= 15 is 4.39 Å². The van der Waals surface area contributed by atoms with Crippen molar-refractivity contribution in [3.63, 3.8) is 0 Å². The Hall–Kier alpha value is -6.05. The number of allylic oxidation sites excluding steroid dienone is 1. The number of aromatic hydroxyl groups is 2.